The Morgan fingerprint density at radius 3 is 2.68 bits per heavy atom. The molecule has 19 heavy (non-hydrogen) atoms. The van der Waals surface area contributed by atoms with Crippen molar-refractivity contribution in [1.29, 1.82) is 0 Å². The SMILES string of the molecule is O=C(O)CCN1CC(CCO)CC(NCC2CC2)C1. The predicted octanol–water partition coefficient (Wildman–Crippen LogP) is 0.534. The summed E-state index contributed by atoms with van der Waals surface area (Å²) in [5.41, 5.74) is 0. The molecule has 0 spiro atoms. The van der Waals surface area contributed by atoms with Crippen molar-refractivity contribution in [2.75, 3.05) is 32.8 Å². The second-order valence-electron chi connectivity index (χ2n) is 6.07. The van der Waals surface area contributed by atoms with Gasteiger partial charge in [-0.1, -0.05) is 0 Å². The Balaban J connectivity index is 1.78. The number of aliphatic carboxylic acids is 1. The molecule has 1 aliphatic carbocycles. The van der Waals surface area contributed by atoms with Crippen LogP contribution in [-0.4, -0.2) is 59.9 Å². The van der Waals surface area contributed by atoms with Crippen molar-refractivity contribution in [3.63, 3.8) is 0 Å². The van der Waals surface area contributed by atoms with E-state index in [1.54, 1.807) is 0 Å². The molecular formula is C14H26N2O3. The zero-order chi connectivity index (χ0) is 13.7. The molecule has 2 fully saturated rings. The second kappa shape index (κ2) is 7.22. The van der Waals surface area contributed by atoms with E-state index < -0.39 is 5.97 Å². The first-order valence-corrected chi connectivity index (χ1v) is 7.45. The fraction of sp³-hybridized carbons (Fsp3) is 0.929. The highest BCUT2D eigenvalue weighted by molar-refractivity contribution is 5.66. The van der Waals surface area contributed by atoms with Gasteiger partial charge < -0.3 is 20.4 Å². The Morgan fingerprint density at radius 1 is 1.26 bits per heavy atom. The molecule has 5 heteroatoms. The first-order chi connectivity index (χ1) is 9.17. The van der Waals surface area contributed by atoms with Gasteiger partial charge in [0, 0.05) is 32.3 Å². The molecule has 5 nitrogen and oxygen atoms in total. The third kappa shape index (κ3) is 5.47. The molecule has 1 aliphatic heterocycles. The maximum absolute atomic E-state index is 10.7. The summed E-state index contributed by atoms with van der Waals surface area (Å²) in [6, 6.07) is 0.458. The van der Waals surface area contributed by atoms with Crippen molar-refractivity contribution in [3.05, 3.63) is 0 Å². The van der Waals surface area contributed by atoms with Gasteiger partial charge in [-0.2, -0.15) is 0 Å². The van der Waals surface area contributed by atoms with Crippen LogP contribution in [0.15, 0.2) is 0 Å². The van der Waals surface area contributed by atoms with Crippen molar-refractivity contribution in [2.45, 2.75) is 38.1 Å². The van der Waals surface area contributed by atoms with Gasteiger partial charge in [-0.3, -0.25) is 4.79 Å². The fourth-order valence-electron chi connectivity index (χ4n) is 2.93. The summed E-state index contributed by atoms with van der Waals surface area (Å²) in [6.45, 7) is 3.83. The molecule has 0 bridgehead atoms. The largest absolute Gasteiger partial charge is 0.481 e. The molecule has 1 saturated heterocycles. The van der Waals surface area contributed by atoms with Gasteiger partial charge in [-0.15, -0.1) is 0 Å². The summed E-state index contributed by atoms with van der Waals surface area (Å²) >= 11 is 0. The van der Waals surface area contributed by atoms with Gasteiger partial charge in [0.2, 0.25) is 0 Å². The van der Waals surface area contributed by atoms with Gasteiger partial charge in [0.1, 0.15) is 0 Å². The molecule has 2 atom stereocenters. The van der Waals surface area contributed by atoms with Gasteiger partial charge in [-0.25, -0.2) is 0 Å². The third-order valence-corrected chi connectivity index (χ3v) is 4.18. The normalized spacial score (nSPS) is 28.5. The van der Waals surface area contributed by atoms with Gasteiger partial charge in [0.15, 0.2) is 0 Å². The number of carbonyl (C=O) groups is 1. The average molecular weight is 270 g/mol. The van der Waals surface area contributed by atoms with E-state index in [4.69, 9.17) is 10.2 Å². The minimum Gasteiger partial charge on any atom is -0.481 e. The molecule has 110 valence electrons. The van der Waals surface area contributed by atoms with Gasteiger partial charge in [-0.05, 0) is 44.1 Å². The number of nitrogens with zero attached hydrogens (tertiary/aromatic N) is 1. The minimum atomic E-state index is -0.730. The number of aliphatic hydroxyl groups is 1. The molecule has 2 aliphatic rings. The number of carboxylic acid groups (broad SMARTS) is 1. The van der Waals surface area contributed by atoms with E-state index in [0.29, 0.717) is 18.5 Å². The van der Waals surface area contributed by atoms with E-state index >= 15 is 0 Å². The molecule has 0 aromatic heterocycles. The van der Waals surface area contributed by atoms with E-state index in [2.05, 4.69) is 10.2 Å². The number of rotatable bonds is 8. The van der Waals surface area contributed by atoms with Crippen molar-refractivity contribution in [2.24, 2.45) is 11.8 Å². The smallest absolute Gasteiger partial charge is 0.304 e. The number of nitrogens with one attached hydrogen (secondary N) is 1. The Hall–Kier alpha value is -0.650. The topological polar surface area (TPSA) is 72.8 Å². The van der Waals surface area contributed by atoms with E-state index in [1.165, 1.54) is 12.8 Å². The van der Waals surface area contributed by atoms with E-state index in [0.717, 1.165) is 38.4 Å². The number of hydrogen-bond donors (Lipinski definition) is 3. The van der Waals surface area contributed by atoms with Crippen molar-refractivity contribution >= 4 is 5.97 Å². The molecule has 3 N–H and O–H groups in total. The van der Waals surface area contributed by atoms with Gasteiger partial charge in [0.05, 0.1) is 6.42 Å². The van der Waals surface area contributed by atoms with Crippen molar-refractivity contribution < 1.29 is 15.0 Å². The Bertz CT molecular complexity index is 294. The summed E-state index contributed by atoms with van der Waals surface area (Å²) in [6.07, 6.45) is 4.84. The van der Waals surface area contributed by atoms with Crippen LogP contribution in [0, 0.1) is 11.8 Å². The second-order valence-corrected chi connectivity index (χ2v) is 6.07. The first kappa shape index (κ1) is 14.8. The van der Waals surface area contributed by atoms with Gasteiger partial charge in [0.25, 0.3) is 0 Å². The molecule has 0 aromatic carbocycles. The third-order valence-electron chi connectivity index (χ3n) is 4.18. The molecule has 0 aromatic rings. The standard InChI is InChI=1S/C14H26N2O3/c17-6-4-12-7-13(15-8-11-1-2-11)10-16(9-12)5-3-14(18)19/h11-13,15,17H,1-10H2,(H,18,19). The van der Waals surface area contributed by atoms with Crippen molar-refractivity contribution in [3.8, 4) is 0 Å². The number of aliphatic hydroxyl groups excluding tert-OH is 1. The lowest BCUT2D eigenvalue weighted by molar-refractivity contribution is -0.137. The van der Waals surface area contributed by atoms with Crippen LogP contribution in [0.1, 0.15) is 32.1 Å². The summed E-state index contributed by atoms with van der Waals surface area (Å²) < 4.78 is 0. The van der Waals surface area contributed by atoms with Crippen LogP contribution in [-0.2, 0) is 4.79 Å². The van der Waals surface area contributed by atoms with E-state index in [1.807, 2.05) is 0 Å². The van der Waals surface area contributed by atoms with Crippen molar-refractivity contribution in [1.82, 2.24) is 10.2 Å². The number of carboxylic acids is 1. The quantitative estimate of drug-likeness (QED) is 0.600. The molecule has 2 rings (SSSR count). The lowest BCUT2D eigenvalue weighted by Gasteiger charge is -2.38. The molecule has 1 saturated carbocycles. The van der Waals surface area contributed by atoms with Gasteiger partial charge >= 0.3 is 5.97 Å². The predicted molar refractivity (Wildman–Crippen MR) is 73.0 cm³/mol. The lowest BCUT2D eigenvalue weighted by atomic mass is 9.91. The summed E-state index contributed by atoms with van der Waals surface area (Å²) in [5, 5.41) is 21.5. The highest BCUT2D eigenvalue weighted by Crippen LogP contribution is 2.28. The van der Waals surface area contributed by atoms with E-state index in [9.17, 15) is 4.79 Å². The monoisotopic (exact) mass is 270 g/mol. The van der Waals surface area contributed by atoms with Crippen LogP contribution in [0.2, 0.25) is 0 Å². The lowest BCUT2D eigenvalue weighted by Crippen LogP contribution is -2.50. The average Bonchev–Trinajstić information content (AvgIpc) is 3.18. The van der Waals surface area contributed by atoms with Crippen LogP contribution in [0.3, 0.4) is 0 Å². The molecule has 0 amide bonds. The summed E-state index contributed by atoms with van der Waals surface area (Å²) in [7, 11) is 0. The Kier molecular flexibility index (Phi) is 5.60. The number of piperidine rings is 1. The highest BCUT2D eigenvalue weighted by atomic mass is 16.4. The van der Waals surface area contributed by atoms with Crippen LogP contribution < -0.4 is 5.32 Å². The zero-order valence-electron chi connectivity index (χ0n) is 11.6. The van der Waals surface area contributed by atoms with Crippen LogP contribution in [0.4, 0.5) is 0 Å². The van der Waals surface area contributed by atoms with Crippen LogP contribution in [0.5, 0.6) is 0 Å². The van der Waals surface area contributed by atoms with E-state index in [-0.39, 0.29) is 13.0 Å². The van der Waals surface area contributed by atoms with Crippen LogP contribution >= 0.6 is 0 Å². The highest BCUT2D eigenvalue weighted by Gasteiger charge is 2.28. The molecule has 1 heterocycles. The zero-order valence-corrected chi connectivity index (χ0v) is 11.6. The Labute approximate surface area is 115 Å². The number of likely N-dealkylation sites (tertiary alicyclic amines) is 1. The fourth-order valence-corrected chi connectivity index (χ4v) is 2.93. The maximum Gasteiger partial charge on any atom is 0.304 e. The molecule has 0 radical (unpaired) electrons. The minimum absolute atomic E-state index is 0.210. The summed E-state index contributed by atoms with van der Waals surface area (Å²) in [5.74, 6) is 0.627. The number of hydrogen-bond acceptors (Lipinski definition) is 4. The Morgan fingerprint density at radius 2 is 2.05 bits per heavy atom. The molecular weight excluding hydrogens is 244 g/mol. The van der Waals surface area contributed by atoms with Crippen LogP contribution in [0.25, 0.3) is 0 Å². The molecule has 2 unspecified atom stereocenters. The summed E-state index contributed by atoms with van der Waals surface area (Å²) in [4.78, 5) is 12.9. The first-order valence-electron chi connectivity index (χ1n) is 7.45. The maximum atomic E-state index is 10.7.